The minimum absolute atomic E-state index is 0.0631. The molecule has 0 spiro atoms. The van der Waals surface area contributed by atoms with Gasteiger partial charge < -0.3 is 4.90 Å². The van der Waals surface area contributed by atoms with Crippen LogP contribution in [0.3, 0.4) is 0 Å². The highest BCUT2D eigenvalue weighted by Crippen LogP contribution is 2.24. The highest BCUT2D eigenvalue weighted by atomic mass is 16.2. The number of H-pyrrole nitrogens is 1. The smallest absolute Gasteiger partial charge is 0.339 e. The van der Waals surface area contributed by atoms with Gasteiger partial charge in [-0.25, -0.2) is 14.5 Å². The third-order valence-electron chi connectivity index (χ3n) is 6.19. The molecule has 3 aromatic rings. The van der Waals surface area contributed by atoms with E-state index in [1.165, 1.54) is 0 Å². The lowest BCUT2D eigenvalue weighted by Gasteiger charge is -2.32. The number of rotatable bonds is 4. The number of amides is 1. The molecule has 1 N–H and O–H groups in total. The molecule has 1 aliphatic rings. The Kier molecular flexibility index (Phi) is 5.32. The number of aryl methyl sites for hydroxylation is 3. The third kappa shape index (κ3) is 3.58. The second-order valence-electron chi connectivity index (χ2n) is 8.18. The Bertz CT molecular complexity index is 1130. The van der Waals surface area contributed by atoms with Crippen molar-refractivity contribution in [3.05, 3.63) is 63.1 Å². The van der Waals surface area contributed by atoms with Crippen LogP contribution in [0, 0.1) is 26.7 Å². The fourth-order valence-corrected chi connectivity index (χ4v) is 4.37. The van der Waals surface area contributed by atoms with Crippen LogP contribution in [0.15, 0.2) is 29.1 Å². The van der Waals surface area contributed by atoms with Crippen LogP contribution in [0.5, 0.6) is 0 Å². The molecule has 0 saturated carbocycles. The van der Waals surface area contributed by atoms with E-state index in [0.717, 1.165) is 46.9 Å². The van der Waals surface area contributed by atoms with Crippen molar-refractivity contribution in [3.8, 4) is 5.69 Å². The van der Waals surface area contributed by atoms with Gasteiger partial charge in [0, 0.05) is 32.3 Å². The molecule has 4 rings (SSSR count). The van der Waals surface area contributed by atoms with Crippen molar-refractivity contribution in [1.82, 2.24) is 29.4 Å². The molecule has 0 aliphatic carbocycles. The van der Waals surface area contributed by atoms with Gasteiger partial charge >= 0.3 is 5.69 Å². The SMILES string of the molecule is Cc1ccccc1-n1c(CC2CCN(C(=O)c3c(C)nn(C)c3C)CC2)n[nH]c1=O. The molecule has 1 saturated heterocycles. The van der Waals surface area contributed by atoms with Crippen LogP contribution in [-0.2, 0) is 13.5 Å². The Morgan fingerprint density at radius 1 is 1.17 bits per heavy atom. The van der Waals surface area contributed by atoms with E-state index in [2.05, 4.69) is 15.3 Å². The molecule has 8 heteroatoms. The lowest BCUT2D eigenvalue weighted by Crippen LogP contribution is -2.39. The van der Waals surface area contributed by atoms with Gasteiger partial charge in [-0.1, -0.05) is 18.2 Å². The summed E-state index contributed by atoms with van der Waals surface area (Å²) in [4.78, 5) is 27.3. The molecule has 3 heterocycles. The first-order chi connectivity index (χ1) is 14.4. The normalized spacial score (nSPS) is 15.0. The molecule has 1 aromatic carbocycles. The third-order valence-corrected chi connectivity index (χ3v) is 6.19. The number of aromatic nitrogens is 5. The van der Waals surface area contributed by atoms with Crippen LogP contribution < -0.4 is 5.69 Å². The largest absolute Gasteiger partial charge is 0.347 e. The number of benzene rings is 1. The van der Waals surface area contributed by atoms with Gasteiger partial charge in [-0.15, -0.1) is 0 Å². The summed E-state index contributed by atoms with van der Waals surface area (Å²) in [6, 6.07) is 7.82. The van der Waals surface area contributed by atoms with Gasteiger partial charge in [0.05, 0.1) is 16.9 Å². The minimum atomic E-state index is -0.213. The van der Waals surface area contributed by atoms with E-state index in [0.29, 0.717) is 25.4 Å². The van der Waals surface area contributed by atoms with E-state index < -0.39 is 0 Å². The standard InChI is InChI=1S/C22H28N6O2/c1-14-7-5-6-8-18(14)28-19(23-24-22(28)30)13-17-9-11-27(12-10-17)21(29)20-15(2)25-26(4)16(20)3/h5-8,17H,9-13H2,1-4H3,(H,24,30). The zero-order chi connectivity index (χ0) is 21.4. The average Bonchev–Trinajstić information content (AvgIpc) is 3.20. The van der Waals surface area contributed by atoms with Crippen molar-refractivity contribution >= 4 is 5.91 Å². The average molecular weight is 409 g/mol. The highest BCUT2D eigenvalue weighted by molar-refractivity contribution is 5.96. The number of nitrogens with one attached hydrogen (secondary N) is 1. The first-order valence-electron chi connectivity index (χ1n) is 10.4. The van der Waals surface area contributed by atoms with Crippen LogP contribution in [0.2, 0.25) is 0 Å². The molecule has 0 radical (unpaired) electrons. The highest BCUT2D eigenvalue weighted by Gasteiger charge is 2.28. The van der Waals surface area contributed by atoms with Gasteiger partial charge in [0.1, 0.15) is 5.82 Å². The molecule has 2 aromatic heterocycles. The van der Waals surface area contributed by atoms with Crippen molar-refractivity contribution in [2.45, 2.75) is 40.0 Å². The summed E-state index contributed by atoms with van der Waals surface area (Å²) in [5.41, 5.74) is 4.08. The second-order valence-corrected chi connectivity index (χ2v) is 8.18. The van der Waals surface area contributed by atoms with E-state index in [9.17, 15) is 9.59 Å². The Morgan fingerprint density at radius 2 is 1.87 bits per heavy atom. The molecule has 1 fully saturated rings. The fourth-order valence-electron chi connectivity index (χ4n) is 4.37. The lowest BCUT2D eigenvalue weighted by molar-refractivity contribution is 0.0688. The second kappa shape index (κ2) is 7.93. The zero-order valence-electron chi connectivity index (χ0n) is 18.0. The van der Waals surface area contributed by atoms with E-state index >= 15 is 0 Å². The van der Waals surface area contributed by atoms with Crippen LogP contribution in [0.1, 0.15) is 46.0 Å². The predicted octanol–water partition coefficient (Wildman–Crippen LogP) is 2.31. The molecular weight excluding hydrogens is 380 g/mol. The molecule has 0 unspecified atom stereocenters. The summed E-state index contributed by atoms with van der Waals surface area (Å²) < 4.78 is 3.44. The van der Waals surface area contributed by atoms with Gasteiger partial charge in [-0.2, -0.15) is 10.2 Å². The Balaban J connectivity index is 1.46. The lowest BCUT2D eigenvalue weighted by atomic mass is 9.92. The first-order valence-corrected chi connectivity index (χ1v) is 10.4. The van der Waals surface area contributed by atoms with Gasteiger partial charge in [-0.3, -0.25) is 9.48 Å². The number of hydrogen-bond acceptors (Lipinski definition) is 4. The van der Waals surface area contributed by atoms with E-state index in [1.807, 2.05) is 57.0 Å². The molecule has 8 nitrogen and oxygen atoms in total. The number of para-hydroxylation sites is 1. The molecule has 0 bridgehead atoms. The maximum Gasteiger partial charge on any atom is 0.347 e. The number of carbonyl (C=O) groups is 1. The summed E-state index contributed by atoms with van der Waals surface area (Å²) in [5.74, 6) is 1.19. The number of hydrogen-bond donors (Lipinski definition) is 1. The fraction of sp³-hybridized carbons (Fsp3) is 0.455. The summed E-state index contributed by atoms with van der Waals surface area (Å²) in [6.45, 7) is 7.22. The van der Waals surface area contributed by atoms with Crippen molar-refractivity contribution in [2.24, 2.45) is 13.0 Å². The molecule has 1 aliphatic heterocycles. The number of aromatic amines is 1. The van der Waals surface area contributed by atoms with Crippen LogP contribution in [0.4, 0.5) is 0 Å². The molecular formula is C22H28N6O2. The number of likely N-dealkylation sites (tertiary alicyclic amines) is 1. The van der Waals surface area contributed by atoms with Gasteiger partial charge in [-0.05, 0) is 51.2 Å². The van der Waals surface area contributed by atoms with Crippen LogP contribution >= 0.6 is 0 Å². The van der Waals surface area contributed by atoms with Crippen molar-refractivity contribution in [1.29, 1.82) is 0 Å². The number of carbonyl (C=O) groups excluding carboxylic acids is 1. The maximum atomic E-state index is 13.0. The topological polar surface area (TPSA) is 88.8 Å². The number of nitrogens with zero attached hydrogens (tertiary/aromatic N) is 5. The summed E-state index contributed by atoms with van der Waals surface area (Å²) >= 11 is 0. The number of piperidine rings is 1. The summed E-state index contributed by atoms with van der Waals surface area (Å²) in [6.07, 6.45) is 2.48. The van der Waals surface area contributed by atoms with Crippen molar-refractivity contribution < 1.29 is 4.79 Å². The van der Waals surface area contributed by atoms with Crippen LogP contribution in [0.25, 0.3) is 5.69 Å². The molecule has 30 heavy (non-hydrogen) atoms. The van der Waals surface area contributed by atoms with Crippen LogP contribution in [-0.4, -0.2) is 48.4 Å². The first kappa shape index (κ1) is 20.1. The summed E-state index contributed by atoms with van der Waals surface area (Å²) in [5, 5.41) is 11.3. The summed E-state index contributed by atoms with van der Waals surface area (Å²) in [7, 11) is 1.86. The Morgan fingerprint density at radius 3 is 2.50 bits per heavy atom. The molecule has 0 atom stereocenters. The Labute approximate surface area is 175 Å². The predicted molar refractivity (Wildman–Crippen MR) is 114 cm³/mol. The van der Waals surface area contributed by atoms with Gasteiger partial charge in [0.15, 0.2) is 0 Å². The molecule has 158 valence electrons. The van der Waals surface area contributed by atoms with Gasteiger partial charge in [0.25, 0.3) is 5.91 Å². The van der Waals surface area contributed by atoms with Crippen molar-refractivity contribution in [3.63, 3.8) is 0 Å². The minimum Gasteiger partial charge on any atom is -0.339 e. The Hall–Kier alpha value is -3.16. The monoisotopic (exact) mass is 408 g/mol. The van der Waals surface area contributed by atoms with E-state index in [4.69, 9.17) is 0 Å². The van der Waals surface area contributed by atoms with Crippen molar-refractivity contribution in [2.75, 3.05) is 13.1 Å². The van der Waals surface area contributed by atoms with Gasteiger partial charge in [0.2, 0.25) is 0 Å². The van der Waals surface area contributed by atoms with E-state index in [1.54, 1.807) is 9.25 Å². The zero-order valence-corrected chi connectivity index (χ0v) is 18.0. The maximum absolute atomic E-state index is 13.0. The van der Waals surface area contributed by atoms with E-state index in [-0.39, 0.29) is 11.6 Å². The molecule has 1 amide bonds. The quantitative estimate of drug-likeness (QED) is 0.717.